The van der Waals surface area contributed by atoms with Crippen LogP contribution in [0.2, 0.25) is 0 Å². The molecule has 0 aliphatic heterocycles. The van der Waals surface area contributed by atoms with E-state index in [9.17, 15) is 4.79 Å². The highest BCUT2D eigenvalue weighted by Crippen LogP contribution is 2.21. The average molecular weight is 184 g/mol. The third kappa shape index (κ3) is 6.80. The summed E-state index contributed by atoms with van der Waals surface area (Å²) in [4.78, 5) is 10.2. The smallest absolute Gasteiger partial charge is 0.120 e. The predicted molar refractivity (Wildman–Crippen MR) is 57.8 cm³/mol. The van der Waals surface area contributed by atoms with Gasteiger partial charge in [-0.3, -0.25) is 0 Å². The van der Waals surface area contributed by atoms with Gasteiger partial charge in [0.15, 0.2) is 0 Å². The van der Waals surface area contributed by atoms with E-state index in [0.29, 0.717) is 5.92 Å². The van der Waals surface area contributed by atoms with Crippen molar-refractivity contribution in [3.8, 4) is 0 Å². The van der Waals surface area contributed by atoms with Crippen LogP contribution in [0, 0.1) is 11.8 Å². The Morgan fingerprint density at radius 3 is 2.23 bits per heavy atom. The van der Waals surface area contributed by atoms with E-state index in [1.807, 2.05) is 0 Å². The lowest BCUT2D eigenvalue weighted by Crippen LogP contribution is -2.08. The Kier molecular flexibility index (Phi) is 8.07. The van der Waals surface area contributed by atoms with Gasteiger partial charge in [-0.25, -0.2) is 0 Å². The molecule has 0 aliphatic rings. The lowest BCUT2D eigenvalue weighted by atomic mass is 9.88. The second-order valence-corrected chi connectivity index (χ2v) is 4.19. The molecule has 2 atom stereocenters. The highest BCUT2D eigenvalue weighted by atomic mass is 16.1. The summed E-state index contributed by atoms with van der Waals surface area (Å²) >= 11 is 0. The molecule has 0 amide bonds. The molecule has 0 aromatic rings. The fourth-order valence-electron chi connectivity index (χ4n) is 1.62. The largest absolute Gasteiger partial charge is 0.303 e. The highest BCUT2D eigenvalue weighted by molar-refractivity contribution is 5.49. The van der Waals surface area contributed by atoms with Gasteiger partial charge in [0.25, 0.3) is 0 Å². The van der Waals surface area contributed by atoms with E-state index in [1.54, 1.807) is 0 Å². The first kappa shape index (κ1) is 12.7. The molecular formula is C12H24O. The Labute approximate surface area is 82.9 Å². The van der Waals surface area contributed by atoms with Crippen LogP contribution >= 0.6 is 0 Å². The minimum absolute atomic E-state index is 0.710. The SMILES string of the molecule is CCCCCC(C)C(C)CCC=O. The summed E-state index contributed by atoms with van der Waals surface area (Å²) in [5.74, 6) is 1.49. The maximum Gasteiger partial charge on any atom is 0.120 e. The number of carbonyl (C=O) groups is 1. The van der Waals surface area contributed by atoms with Crippen molar-refractivity contribution in [2.45, 2.75) is 59.3 Å². The van der Waals surface area contributed by atoms with Gasteiger partial charge in [-0.1, -0.05) is 46.5 Å². The van der Waals surface area contributed by atoms with Crippen molar-refractivity contribution in [3.05, 3.63) is 0 Å². The van der Waals surface area contributed by atoms with Gasteiger partial charge >= 0.3 is 0 Å². The summed E-state index contributed by atoms with van der Waals surface area (Å²) in [6.45, 7) is 6.81. The third-order valence-corrected chi connectivity index (χ3v) is 2.97. The lowest BCUT2D eigenvalue weighted by molar-refractivity contribution is -0.108. The molecule has 0 aromatic heterocycles. The minimum atomic E-state index is 0.710. The second-order valence-electron chi connectivity index (χ2n) is 4.19. The van der Waals surface area contributed by atoms with Crippen molar-refractivity contribution in [1.29, 1.82) is 0 Å². The van der Waals surface area contributed by atoms with Crippen LogP contribution in [0.5, 0.6) is 0 Å². The predicted octanol–water partition coefficient (Wildman–Crippen LogP) is 3.82. The summed E-state index contributed by atoms with van der Waals surface area (Å²) in [7, 11) is 0. The third-order valence-electron chi connectivity index (χ3n) is 2.97. The minimum Gasteiger partial charge on any atom is -0.303 e. The monoisotopic (exact) mass is 184 g/mol. The van der Waals surface area contributed by atoms with Crippen molar-refractivity contribution < 1.29 is 4.79 Å². The van der Waals surface area contributed by atoms with Gasteiger partial charge in [0, 0.05) is 6.42 Å². The van der Waals surface area contributed by atoms with Crippen LogP contribution < -0.4 is 0 Å². The van der Waals surface area contributed by atoms with Gasteiger partial charge in [0.1, 0.15) is 6.29 Å². The summed E-state index contributed by atoms with van der Waals surface area (Å²) in [5, 5.41) is 0. The quantitative estimate of drug-likeness (QED) is 0.414. The second kappa shape index (κ2) is 8.28. The normalized spacial score (nSPS) is 15.3. The Bertz CT molecular complexity index is 120. The van der Waals surface area contributed by atoms with Crippen LogP contribution in [-0.4, -0.2) is 6.29 Å². The highest BCUT2D eigenvalue weighted by Gasteiger charge is 2.10. The van der Waals surface area contributed by atoms with E-state index in [1.165, 1.54) is 25.7 Å². The van der Waals surface area contributed by atoms with E-state index in [0.717, 1.165) is 25.0 Å². The van der Waals surface area contributed by atoms with Gasteiger partial charge in [0.05, 0.1) is 0 Å². The van der Waals surface area contributed by atoms with Crippen molar-refractivity contribution in [3.63, 3.8) is 0 Å². The number of unbranched alkanes of at least 4 members (excludes halogenated alkanes) is 2. The van der Waals surface area contributed by atoms with Crippen LogP contribution in [0.15, 0.2) is 0 Å². The first-order valence-corrected chi connectivity index (χ1v) is 5.66. The maximum atomic E-state index is 10.2. The van der Waals surface area contributed by atoms with Gasteiger partial charge < -0.3 is 4.79 Å². The Morgan fingerprint density at radius 1 is 1.08 bits per heavy atom. The number of hydrogen-bond acceptors (Lipinski definition) is 1. The molecule has 0 fully saturated rings. The van der Waals surface area contributed by atoms with E-state index in [4.69, 9.17) is 0 Å². The zero-order chi connectivity index (χ0) is 10.1. The molecule has 1 nitrogen and oxygen atoms in total. The van der Waals surface area contributed by atoms with E-state index >= 15 is 0 Å². The molecule has 1 heteroatoms. The molecule has 0 rings (SSSR count). The average Bonchev–Trinajstić information content (AvgIpc) is 2.14. The molecule has 78 valence electrons. The van der Waals surface area contributed by atoms with Crippen LogP contribution in [0.25, 0.3) is 0 Å². The van der Waals surface area contributed by atoms with Crippen LogP contribution in [-0.2, 0) is 4.79 Å². The molecule has 0 aliphatic carbocycles. The molecule has 0 saturated heterocycles. The summed E-state index contributed by atoms with van der Waals surface area (Å²) in [6.07, 6.45) is 8.17. The van der Waals surface area contributed by atoms with Crippen LogP contribution in [0.1, 0.15) is 59.3 Å². The number of rotatable bonds is 8. The Morgan fingerprint density at radius 2 is 1.69 bits per heavy atom. The number of carbonyl (C=O) groups excluding carboxylic acids is 1. The van der Waals surface area contributed by atoms with Crippen molar-refractivity contribution in [1.82, 2.24) is 0 Å². The molecule has 13 heavy (non-hydrogen) atoms. The summed E-state index contributed by atoms with van der Waals surface area (Å²) in [6, 6.07) is 0. The molecule has 0 aromatic carbocycles. The van der Waals surface area contributed by atoms with Crippen molar-refractivity contribution >= 4 is 6.29 Å². The molecule has 0 saturated carbocycles. The Balaban J connectivity index is 3.43. The maximum absolute atomic E-state index is 10.2. The van der Waals surface area contributed by atoms with Crippen molar-refractivity contribution in [2.24, 2.45) is 11.8 Å². The van der Waals surface area contributed by atoms with E-state index < -0.39 is 0 Å². The fourth-order valence-corrected chi connectivity index (χ4v) is 1.62. The standard InChI is InChI=1S/C12H24O/c1-4-5-6-8-11(2)12(3)9-7-10-13/h10-12H,4-9H2,1-3H3. The zero-order valence-corrected chi connectivity index (χ0v) is 9.38. The zero-order valence-electron chi connectivity index (χ0n) is 9.38. The number of aldehydes is 1. The molecule has 0 N–H and O–H groups in total. The first-order chi connectivity index (χ1) is 6.22. The number of hydrogen-bond donors (Lipinski definition) is 0. The van der Waals surface area contributed by atoms with Crippen LogP contribution in [0.4, 0.5) is 0 Å². The van der Waals surface area contributed by atoms with Gasteiger partial charge in [-0.15, -0.1) is 0 Å². The molecular weight excluding hydrogens is 160 g/mol. The molecule has 0 heterocycles. The van der Waals surface area contributed by atoms with Crippen LogP contribution in [0.3, 0.4) is 0 Å². The van der Waals surface area contributed by atoms with Gasteiger partial charge in [-0.2, -0.15) is 0 Å². The Hall–Kier alpha value is -0.330. The summed E-state index contributed by atoms with van der Waals surface area (Å²) in [5.41, 5.74) is 0. The van der Waals surface area contributed by atoms with Crippen molar-refractivity contribution in [2.75, 3.05) is 0 Å². The molecule has 0 bridgehead atoms. The van der Waals surface area contributed by atoms with E-state index in [-0.39, 0.29) is 0 Å². The van der Waals surface area contributed by atoms with Gasteiger partial charge in [-0.05, 0) is 18.3 Å². The van der Waals surface area contributed by atoms with E-state index in [2.05, 4.69) is 20.8 Å². The molecule has 0 radical (unpaired) electrons. The first-order valence-electron chi connectivity index (χ1n) is 5.66. The summed E-state index contributed by atoms with van der Waals surface area (Å²) < 4.78 is 0. The topological polar surface area (TPSA) is 17.1 Å². The lowest BCUT2D eigenvalue weighted by Gasteiger charge is -2.18. The molecule has 0 spiro atoms. The fraction of sp³-hybridized carbons (Fsp3) is 0.917. The van der Waals surface area contributed by atoms with Gasteiger partial charge in [0.2, 0.25) is 0 Å². The molecule has 2 unspecified atom stereocenters.